The summed E-state index contributed by atoms with van der Waals surface area (Å²) in [5, 5.41) is 6.33. The van der Waals surface area contributed by atoms with Gasteiger partial charge in [0, 0.05) is 12.2 Å². The molecule has 1 saturated heterocycles. The van der Waals surface area contributed by atoms with Crippen LogP contribution in [0.2, 0.25) is 0 Å². The first-order valence-electron chi connectivity index (χ1n) is 9.16. The molecule has 0 spiro atoms. The van der Waals surface area contributed by atoms with Crippen molar-refractivity contribution in [3.05, 3.63) is 65.2 Å². The second-order valence-electron chi connectivity index (χ2n) is 6.45. The van der Waals surface area contributed by atoms with E-state index in [0.717, 1.165) is 24.1 Å². The molecule has 1 aliphatic rings. The van der Waals surface area contributed by atoms with Crippen molar-refractivity contribution in [2.24, 2.45) is 0 Å². The summed E-state index contributed by atoms with van der Waals surface area (Å²) in [5.41, 5.74) is 13.5. The molecule has 0 radical (unpaired) electrons. The molecule has 0 aliphatic carbocycles. The van der Waals surface area contributed by atoms with Gasteiger partial charge in [0.1, 0.15) is 12.2 Å². The second kappa shape index (κ2) is 8.80. The number of amides is 1. The van der Waals surface area contributed by atoms with Crippen LogP contribution in [-0.2, 0) is 24.2 Å². The molecule has 0 aromatic heterocycles. The molecule has 6 heteroatoms. The third-order valence-corrected chi connectivity index (χ3v) is 4.65. The first-order valence-corrected chi connectivity index (χ1v) is 9.16. The Hall–Kier alpha value is -2.41. The summed E-state index contributed by atoms with van der Waals surface area (Å²) >= 11 is 0. The Morgan fingerprint density at radius 1 is 0.885 bits per heavy atom. The topological polar surface area (TPSA) is 77.2 Å². The summed E-state index contributed by atoms with van der Waals surface area (Å²) in [6, 6.07) is 16.1. The van der Waals surface area contributed by atoms with E-state index in [2.05, 4.69) is 77.3 Å². The van der Waals surface area contributed by atoms with E-state index in [1.807, 2.05) is 12.1 Å². The first-order chi connectivity index (χ1) is 12.7. The maximum absolute atomic E-state index is 12.5. The minimum Gasteiger partial charge on any atom is -0.367 e. The number of aryl methyl sites for hydroxylation is 2. The Bertz CT molecular complexity index is 714. The Labute approximate surface area is 154 Å². The van der Waals surface area contributed by atoms with Crippen LogP contribution in [-0.4, -0.2) is 18.1 Å². The molecule has 2 aromatic rings. The average molecular weight is 353 g/mol. The zero-order valence-corrected chi connectivity index (χ0v) is 15.3. The monoisotopic (exact) mass is 353 g/mol. The lowest BCUT2D eigenvalue weighted by Gasteiger charge is -2.20. The Balaban J connectivity index is 1.55. The van der Waals surface area contributed by atoms with Gasteiger partial charge in [-0.1, -0.05) is 50.2 Å². The van der Waals surface area contributed by atoms with Gasteiger partial charge in [-0.25, -0.2) is 10.9 Å². The fraction of sp³-hybridized carbons (Fsp3) is 0.350. The van der Waals surface area contributed by atoms with Gasteiger partial charge in [0.2, 0.25) is 5.91 Å². The second-order valence-corrected chi connectivity index (χ2v) is 6.45. The molecule has 26 heavy (non-hydrogen) atoms. The van der Waals surface area contributed by atoms with E-state index in [4.69, 9.17) is 0 Å². The van der Waals surface area contributed by atoms with Gasteiger partial charge in [0.25, 0.3) is 0 Å². The van der Waals surface area contributed by atoms with Gasteiger partial charge < -0.3 is 10.6 Å². The van der Waals surface area contributed by atoms with Crippen molar-refractivity contribution in [2.75, 3.05) is 5.32 Å². The van der Waals surface area contributed by atoms with E-state index in [0.29, 0.717) is 6.54 Å². The van der Waals surface area contributed by atoms with Crippen LogP contribution in [0.25, 0.3) is 0 Å². The highest BCUT2D eigenvalue weighted by Crippen LogP contribution is 2.13. The highest BCUT2D eigenvalue weighted by Gasteiger charge is 2.32. The van der Waals surface area contributed by atoms with Crippen molar-refractivity contribution in [3.63, 3.8) is 0 Å². The van der Waals surface area contributed by atoms with Crippen LogP contribution in [0, 0.1) is 0 Å². The Kier molecular flexibility index (Phi) is 6.22. The minimum atomic E-state index is -0.421. The maximum atomic E-state index is 12.5. The molecule has 1 fully saturated rings. The third kappa shape index (κ3) is 4.60. The lowest BCUT2D eigenvalue weighted by molar-refractivity contribution is -0.123. The van der Waals surface area contributed by atoms with Crippen LogP contribution >= 0.6 is 0 Å². The average Bonchev–Trinajstić information content (AvgIpc) is 3.15. The summed E-state index contributed by atoms with van der Waals surface area (Å²) < 4.78 is 0. The minimum absolute atomic E-state index is 0.0650. The number of carbonyl (C=O) groups is 1. The quantitative estimate of drug-likeness (QED) is 0.525. The van der Waals surface area contributed by atoms with Crippen molar-refractivity contribution in [1.82, 2.24) is 21.7 Å². The van der Waals surface area contributed by atoms with Gasteiger partial charge in [-0.3, -0.25) is 4.79 Å². The lowest BCUT2D eigenvalue weighted by Crippen LogP contribution is -2.50. The van der Waals surface area contributed by atoms with Crippen LogP contribution in [0.3, 0.4) is 0 Å². The summed E-state index contributed by atoms with van der Waals surface area (Å²) in [4.78, 5) is 12.5. The van der Waals surface area contributed by atoms with Gasteiger partial charge >= 0.3 is 0 Å². The molecule has 6 nitrogen and oxygen atoms in total. The molecule has 2 aromatic carbocycles. The van der Waals surface area contributed by atoms with Gasteiger partial charge in [0.05, 0.1) is 0 Å². The number of benzene rings is 2. The SMILES string of the molecule is CCc1ccc(CNC(=O)C2NNNC2Nc2ccc(CC)cc2)cc1. The first kappa shape index (κ1) is 18.4. The molecule has 0 bridgehead atoms. The van der Waals surface area contributed by atoms with Crippen molar-refractivity contribution in [3.8, 4) is 0 Å². The number of hydrogen-bond acceptors (Lipinski definition) is 5. The molecule has 5 N–H and O–H groups in total. The summed E-state index contributed by atoms with van der Waals surface area (Å²) in [7, 11) is 0. The molecule has 3 rings (SSSR count). The number of carbonyl (C=O) groups excluding carboxylic acids is 1. The van der Waals surface area contributed by atoms with Crippen LogP contribution < -0.4 is 27.0 Å². The normalized spacial score (nSPS) is 19.3. The molecule has 1 heterocycles. The van der Waals surface area contributed by atoms with E-state index in [9.17, 15) is 4.79 Å². The smallest absolute Gasteiger partial charge is 0.242 e. The molecule has 138 valence electrons. The third-order valence-electron chi connectivity index (χ3n) is 4.65. The Morgan fingerprint density at radius 3 is 2.08 bits per heavy atom. The van der Waals surface area contributed by atoms with E-state index in [1.165, 1.54) is 11.1 Å². The van der Waals surface area contributed by atoms with Crippen molar-refractivity contribution >= 4 is 11.6 Å². The molecule has 0 saturated carbocycles. The number of nitrogens with one attached hydrogen (secondary N) is 5. The van der Waals surface area contributed by atoms with Gasteiger partial charge in [-0.05, 0) is 41.7 Å². The maximum Gasteiger partial charge on any atom is 0.242 e. The van der Waals surface area contributed by atoms with Crippen LogP contribution in [0.4, 0.5) is 5.69 Å². The zero-order chi connectivity index (χ0) is 18.4. The van der Waals surface area contributed by atoms with E-state index in [-0.39, 0.29) is 12.1 Å². The zero-order valence-electron chi connectivity index (χ0n) is 15.3. The van der Waals surface area contributed by atoms with Gasteiger partial charge in [-0.15, -0.1) is 0 Å². The number of rotatable bonds is 7. The van der Waals surface area contributed by atoms with Crippen LogP contribution in [0.5, 0.6) is 0 Å². The Morgan fingerprint density at radius 2 is 1.46 bits per heavy atom. The molecule has 2 atom stereocenters. The molecule has 1 aliphatic heterocycles. The summed E-state index contributed by atoms with van der Waals surface area (Å²) in [5.74, 6) is -0.0650. The predicted molar refractivity (Wildman–Crippen MR) is 104 cm³/mol. The lowest BCUT2D eigenvalue weighted by atomic mass is 10.1. The molecular weight excluding hydrogens is 326 g/mol. The number of anilines is 1. The van der Waals surface area contributed by atoms with E-state index < -0.39 is 6.04 Å². The highest BCUT2D eigenvalue weighted by molar-refractivity contribution is 5.83. The largest absolute Gasteiger partial charge is 0.367 e. The molecule has 1 amide bonds. The van der Waals surface area contributed by atoms with Crippen molar-refractivity contribution < 1.29 is 4.79 Å². The fourth-order valence-corrected chi connectivity index (χ4v) is 2.91. The standard InChI is InChI=1S/C20H27N5O/c1-3-14-5-7-16(8-6-14)13-21-20(26)18-19(24-25-23-18)22-17-11-9-15(4-2)10-12-17/h5-12,18-19,22-25H,3-4,13H2,1-2H3,(H,21,26). The van der Waals surface area contributed by atoms with Crippen LogP contribution in [0.15, 0.2) is 48.5 Å². The summed E-state index contributed by atoms with van der Waals surface area (Å²) in [6.45, 7) is 4.77. The van der Waals surface area contributed by atoms with Crippen molar-refractivity contribution in [1.29, 1.82) is 0 Å². The predicted octanol–water partition coefficient (Wildman–Crippen LogP) is 1.85. The molecular formula is C20H27N5O. The highest BCUT2D eigenvalue weighted by atomic mass is 16.2. The van der Waals surface area contributed by atoms with E-state index >= 15 is 0 Å². The van der Waals surface area contributed by atoms with Crippen molar-refractivity contribution in [2.45, 2.75) is 45.4 Å². The fourth-order valence-electron chi connectivity index (χ4n) is 2.91. The van der Waals surface area contributed by atoms with Gasteiger partial charge in [-0.2, -0.15) is 5.53 Å². The summed E-state index contributed by atoms with van der Waals surface area (Å²) in [6.07, 6.45) is 1.78. The number of hydrazine groups is 2. The van der Waals surface area contributed by atoms with E-state index in [1.54, 1.807) is 0 Å². The number of hydrogen-bond donors (Lipinski definition) is 5. The molecule has 2 unspecified atom stereocenters. The van der Waals surface area contributed by atoms with Gasteiger partial charge in [0.15, 0.2) is 0 Å². The van der Waals surface area contributed by atoms with Crippen LogP contribution in [0.1, 0.15) is 30.5 Å².